The number of benzene rings is 1. The smallest absolute Gasteiger partial charge is 0.242 e. The van der Waals surface area contributed by atoms with Crippen LogP contribution in [-0.2, 0) is 10.0 Å². The van der Waals surface area contributed by atoms with E-state index in [1.807, 2.05) is 24.4 Å². The fraction of sp³-hybridized carbons (Fsp3) is 0.438. The van der Waals surface area contributed by atoms with E-state index in [-0.39, 0.29) is 0 Å². The first-order valence-corrected chi connectivity index (χ1v) is 9.81. The first-order valence-electron chi connectivity index (χ1n) is 7.49. The van der Waals surface area contributed by atoms with Crippen LogP contribution in [0.1, 0.15) is 24.8 Å². The molecule has 22 heavy (non-hydrogen) atoms. The zero-order valence-electron chi connectivity index (χ0n) is 12.8. The van der Waals surface area contributed by atoms with Gasteiger partial charge in [0.2, 0.25) is 10.0 Å². The van der Waals surface area contributed by atoms with Gasteiger partial charge in [-0.3, -0.25) is 0 Å². The molecule has 1 aromatic carbocycles. The molecule has 0 amide bonds. The molecule has 3 rings (SSSR count). The normalized spacial score (nSPS) is 17.7. The van der Waals surface area contributed by atoms with Crippen molar-refractivity contribution in [2.75, 3.05) is 13.1 Å². The zero-order chi connectivity index (χ0) is 15.7. The van der Waals surface area contributed by atoms with Crippen molar-refractivity contribution in [1.29, 1.82) is 0 Å². The summed E-state index contributed by atoms with van der Waals surface area (Å²) in [6, 6.07) is 7.07. The van der Waals surface area contributed by atoms with Gasteiger partial charge in [-0.2, -0.15) is 4.31 Å². The lowest BCUT2D eigenvalue weighted by Gasteiger charge is -2.29. The molecule has 1 fully saturated rings. The highest BCUT2D eigenvalue weighted by molar-refractivity contribution is 7.89. The lowest BCUT2D eigenvalue weighted by Crippen LogP contribution is -2.37. The van der Waals surface area contributed by atoms with Gasteiger partial charge in [-0.15, -0.1) is 11.3 Å². The van der Waals surface area contributed by atoms with Crippen molar-refractivity contribution in [3.05, 3.63) is 34.7 Å². The number of aromatic nitrogens is 1. The van der Waals surface area contributed by atoms with Gasteiger partial charge >= 0.3 is 0 Å². The summed E-state index contributed by atoms with van der Waals surface area (Å²) in [4.78, 5) is 4.80. The van der Waals surface area contributed by atoms with Crippen molar-refractivity contribution < 1.29 is 8.42 Å². The Kier molecular flexibility index (Phi) is 4.34. The van der Waals surface area contributed by atoms with Crippen LogP contribution >= 0.6 is 11.3 Å². The summed E-state index contributed by atoms with van der Waals surface area (Å²) in [5, 5.41) is 3.00. The van der Waals surface area contributed by atoms with Gasteiger partial charge in [0.15, 0.2) is 0 Å². The molecular weight excluding hydrogens is 316 g/mol. The third-order valence-electron chi connectivity index (χ3n) is 4.15. The van der Waals surface area contributed by atoms with Crippen LogP contribution in [0.2, 0.25) is 0 Å². The van der Waals surface area contributed by atoms with Crippen LogP contribution in [0.5, 0.6) is 0 Å². The molecule has 0 N–H and O–H groups in total. The van der Waals surface area contributed by atoms with Crippen molar-refractivity contribution in [3.8, 4) is 11.3 Å². The lowest BCUT2D eigenvalue weighted by molar-refractivity contribution is 0.288. The second-order valence-corrected chi connectivity index (χ2v) is 8.86. The fourth-order valence-corrected chi connectivity index (χ4v) is 4.76. The minimum Gasteiger partial charge on any atom is -0.242 e. The van der Waals surface area contributed by atoms with Gasteiger partial charge in [0.05, 0.1) is 15.6 Å². The molecule has 0 aliphatic carbocycles. The second kappa shape index (κ2) is 6.10. The molecule has 1 aromatic heterocycles. The topological polar surface area (TPSA) is 50.3 Å². The number of hydrogen-bond donors (Lipinski definition) is 0. The molecule has 1 saturated heterocycles. The number of rotatable bonds is 3. The first-order chi connectivity index (χ1) is 10.5. The molecule has 0 radical (unpaired) electrons. The van der Waals surface area contributed by atoms with Crippen molar-refractivity contribution in [3.63, 3.8) is 0 Å². The van der Waals surface area contributed by atoms with E-state index in [1.54, 1.807) is 27.8 Å². The molecule has 4 nitrogen and oxygen atoms in total. The summed E-state index contributed by atoms with van der Waals surface area (Å²) in [7, 11) is -3.36. The Balaban J connectivity index is 1.82. The summed E-state index contributed by atoms with van der Waals surface area (Å²) in [6.07, 6.45) is 1.88. The predicted molar refractivity (Wildman–Crippen MR) is 89.4 cm³/mol. The highest BCUT2D eigenvalue weighted by Gasteiger charge is 2.27. The van der Waals surface area contributed by atoms with E-state index in [1.165, 1.54) is 0 Å². The summed E-state index contributed by atoms with van der Waals surface area (Å²) < 4.78 is 26.9. The molecule has 2 aromatic rings. The molecule has 118 valence electrons. The van der Waals surface area contributed by atoms with Crippen molar-refractivity contribution in [2.45, 2.75) is 31.6 Å². The van der Waals surface area contributed by atoms with Crippen LogP contribution < -0.4 is 0 Å². The van der Waals surface area contributed by atoms with E-state index < -0.39 is 10.0 Å². The maximum atomic E-state index is 12.7. The number of piperidine rings is 1. The fourth-order valence-electron chi connectivity index (χ4n) is 2.67. The summed E-state index contributed by atoms with van der Waals surface area (Å²) in [6.45, 7) is 5.38. The van der Waals surface area contributed by atoms with Gasteiger partial charge < -0.3 is 0 Å². The number of hydrogen-bond acceptors (Lipinski definition) is 4. The van der Waals surface area contributed by atoms with Gasteiger partial charge in [0, 0.05) is 24.0 Å². The lowest BCUT2D eigenvalue weighted by atomic mass is 10.0. The van der Waals surface area contributed by atoms with Crippen LogP contribution in [0.25, 0.3) is 11.3 Å². The Morgan fingerprint density at radius 1 is 1.18 bits per heavy atom. The Labute approximate surface area is 135 Å². The van der Waals surface area contributed by atoms with Crippen LogP contribution in [0, 0.1) is 12.8 Å². The summed E-state index contributed by atoms with van der Waals surface area (Å²) >= 11 is 1.59. The van der Waals surface area contributed by atoms with Crippen LogP contribution in [-0.4, -0.2) is 30.8 Å². The molecule has 0 spiro atoms. The number of sulfonamides is 1. The summed E-state index contributed by atoms with van der Waals surface area (Å²) in [5.74, 6) is 0.613. The molecule has 1 aliphatic rings. The van der Waals surface area contributed by atoms with E-state index in [0.717, 1.165) is 29.1 Å². The number of nitrogens with zero attached hydrogens (tertiary/aromatic N) is 2. The Hall–Kier alpha value is -1.24. The highest BCUT2D eigenvalue weighted by atomic mass is 32.2. The maximum absolute atomic E-state index is 12.7. The van der Waals surface area contributed by atoms with E-state index in [2.05, 4.69) is 11.9 Å². The average Bonchev–Trinajstić information content (AvgIpc) is 2.94. The van der Waals surface area contributed by atoms with Crippen LogP contribution in [0.3, 0.4) is 0 Å². The third kappa shape index (κ3) is 3.09. The Bertz CT molecular complexity index is 743. The van der Waals surface area contributed by atoms with Crippen molar-refractivity contribution >= 4 is 21.4 Å². The number of thiazole rings is 1. The van der Waals surface area contributed by atoms with Gasteiger partial charge in [-0.25, -0.2) is 13.4 Å². The van der Waals surface area contributed by atoms with Crippen molar-refractivity contribution in [1.82, 2.24) is 9.29 Å². The van der Waals surface area contributed by atoms with E-state index in [9.17, 15) is 8.42 Å². The average molecular weight is 336 g/mol. The minimum atomic E-state index is -3.36. The number of aryl methyl sites for hydroxylation is 1. The van der Waals surface area contributed by atoms with E-state index >= 15 is 0 Å². The molecule has 2 heterocycles. The minimum absolute atomic E-state index is 0.373. The zero-order valence-corrected chi connectivity index (χ0v) is 14.5. The van der Waals surface area contributed by atoms with Crippen molar-refractivity contribution in [2.24, 2.45) is 5.92 Å². The molecule has 1 aliphatic heterocycles. The van der Waals surface area contributed by atoms with E-state index in [0.29, 0.717) is 23.9 Å². The largest absolute Gasteiger partial charge is 0.243 e. The standard InChI is InChI=1S/C16H20N2O2S2/c1-12-7-9-18(10-8-12)22(19,20)15-5-3-14(4-6-15)16-11-21-13(2)17-16/h3-6,11-12H,7-10H2,1-2H3. The maximum Gasteiger partial charge on any atom is 0.243 e. The molecule has 0 saturated carbocycles. The summed E-state index contributed by atoms with van der Waals surface area (Å²) in [5.41, 5.74) is 1.86. The van der Waals surface area contributed by atoms with Gasteiger partial charge in [0.1, 0.15) is 0 Å². The predicted octanol–water partition coefficient (Wildman–Crippen LogP) is 3.54. The molecule has 0 bridgehead atoms. The highest BCUT2D eigenvalue weighted by Crippen LogP contribution is 2.26. The molecule has 0 unspecified atom stereocenters. The van der Waals surface area contributed by atoms with Gasteiger partial charge in [0.25, 0.3) is 0 Å². The van der Waals surface area contributed by atoms with Gasteiger partial charge in [-0.1, -0.05) is 19.1 Å². The molecule has 0 atom stereocenters. The first kappa shape index (κ1) is 15.6. The molecular formula is C16H20N2O2S2. The second-order valence-electron chi connectivity index (χ2n) is 5.86. The Morgan fingerprint density at radius 3 is 2.36 bits per heavy atom. The quantitative estimate of drug-likeness (QED) is 0.861. The molecule has 6 heteroatoms. The third-order valence-corrected chi connectivity index (χ3v) is 6.84. The monoisotopic (exact) mass is 336 g/mol. The Morgan fingerprint density at radius 2 is 1.82 bits per heavy atom. The SMILES string of the molecule is Cc1nc(-c2ccc(S(=O)(=O)N3CCC(C)CC3)cc2)cs1. The van der Waals surface area contributed by atoms with Crippen LogP contribution in [0.15, 0.2) is 34.5 Å². The van der Waals surface area contributed by atoms with E-state index in [4.69, 9.17) is 0 Å². The van der Waals surface area contributed by atoms with Crippen LogP contribution in [0.4, 0.5) is 0 Å². The van der Waals surface area contributed by atoms with Gasteiger partial charge in [-0.05, 0) is 37.8 Å².